The van der Waals surface area contributed by atoms with Crippen LogP contribution in [0.25, 0.3) is 11.2 Å². The maximum absolute atomic E-state index is 12.3. The molecule has 2 aromatic heterocycles. The monoisotopic (exact) mass is 318 g/mol. The molecule has 21 heavy (non-hydrogen) atoms. The normalized spacial score (nSPS) is 12.2. The summed E-state index contributed by atoms with van der Waals surface area (Å²) in [6.07, 6.45) is 1.55. The standard InChI is InChI=1S/C10H15N4O6P/c1-12-6-11-8-7(12)9(15)14(10(16)13(8)2)4-3-5-20-21(17,18)19/h6H,3-5H2,1-2H3,(H2,17,18,19). The van der Waals surface area contributed by atoms with Gasteiger partial charge in [0, 0.05) is 20.6 Å². The molecular formula is C10H15N4O6P. The van der Waals surface area contributed by atoms with E-state index in [1.54, 1.807) is 7.05 Å². The Labute approximate surface area is 118 Å². The van der Waals surface area contributed by atoms with Crippen LogP contribution in [0.15, 0.2) is 15.9 Å². The smallest absolute Gasteiger partial charge is 0.328 e. The van der Waals surface area contributed by atoms with E-state index in [4.69, 9.17) is 9.79 Å². The van der Waals surface area contributed by atoms with Crippen molar-refractivity contribution in [3.05, 3.63) is 27.2 Å². The van der Waals surface area contributed by atoms with Crippen LogP contribution in [0.2, 0.25) is 0 Å². The maximum atomic E-state index is 12.3. The van der Waals surface area contributed by atoms with E-state index in [0.717, 1.165) is 4.57 Å². The molecule has 2 aromatic rings. The van der Waals surface area contributed by atoms with Gasteiger partial charge in [0.1, 0.15) is 0 Å². The second-order valence-electron chi connectivity index (χ2n) is 4.50. The van der Waals surface area contributed by atoms with Gasteiger partial charge in [-0.05, 0) is 6.42 Å². The lowest BCUT2D eigenvalue weighted by Gasteiger charge is -2.09. The molecule has 0 aliphatic carbocycles. The van der Waals surface area contributed by atoms with Gasteiger partial charge in [-0.1, -0.05) is 0 Å². The van der Waals surface area contributed by atoms with Crippen molar-refractivity contribution in [2.24, 2.45) is 14.1 Å². The quantitative estimate of drug-likeness (QED) is 0.530. The number of rotatable bonds is 5. The fourth-order valence-corrected chi connectivity index (χ4v) is 2.37. The van der Waals surface area contributed by atoms with E-state index in [0.29, 0.717) is 0 Å². The fourth-order valence-electron chi connectivity index (χ4n) is 2.00. The van der Waals surface area contributed by atoms with Crippen LogP contribution in [0, 0.1) is 0 Å². The highest BCUT2D eigenvalue weighted by Gasteiger charge is 2.16. The molecule has 2 N–H and O–H groups in total. The molecule has 0 aromatic carbocycles. The zero-order valence-electron chi connectivity index (χ0n) is 11.5. The minimum atomic E-state index is -4.54. The summed E-state index contributed by atoms with van der Waals surface area (Å²) in [5, 5.41) is 0. The van der Waals surface area contributed by atoms with E-state index in [2.05, 4.69) is 9.51 Å². The number of fused-ring (bicyclic) bond motifs is 1. The molecule has 0 atom stereocenters. The fraction of sp³-hybridized carbons (Fsp3) is 0.500. The van der Waals surface area contributed by atoms with Crippen molar-refractivity contribution >= 4 is 19.0 Å². The lowest BCUT2D eigenvalue weighted by atomic mass is 10.4. The van der Waals surface area contributed by atoms with Gasteiger partial charge in [0.05, 0.1) is 12.9 Å². The first-order chi connectivity index (χ1) is 9.72. The van der Waals surface area contributed by atoms with Crippen molar-refractivity contribution in [1.29, 1.82) is 0 Å². The Kier molecular flexibility index (Phi) is 4.15. The van der Waals surface area contributed by atoms with Crippen molar-refractivity contribution in [1.82, 2.24) is 18.7 Å². The Morgan fingerprint density at radius 3 is 2.62 bits per heavy atom. The van der Waals surface area contributed by atoms with Crippen LogP contribution in [-0.4, -0.2) is 35.1 Å². The van der Waals surface area contributed by atoms with Crippen molar-refractivity contribution in [2.45, 2.75) is 13.0 Å². The van der Waals surface area contributed by atoms with Gasteiger partial charge < -0.3 is 14.4 Å². The van der Waals surface area contributed by atoms with Crippen LogP contribution in [0.4, 0.5) is 0 Å². The predicted molar refractivity (Wildman–Crippen MR) is 72.8 cm³/mol. The summed E-state index contributed by atoms with van der Waals surface area (Å²) >= 11 is 0. The Bertz CT molecular complexity index is 828. The van der Waals surface area contributed by atoms with E-state index >= 15 is 0 Å². The van der Waals surface area contributed by atoms with Crippen LogP contribution in [0.3, 0.4) is 0 Å². The highest BCUT2D eigenvalue weighted by Crippen LogP contribution is 2.35. The third-order valence-electron chi connectivity index (χ3n) is 2.99. The number of aromatic nitrogens is 4. The summed E-state index contributed by atoms with van der Waals surface area (Å²) in [5.74, 6) is 0. The van der Waals surface area contributed by atoms with Gasteiger partial charge in [-0.2, -0.15) is 0 Å². The molecule has 0 aliphatic heterocycles. The SMILES string of the molecule is Cn1cnc2c1c(=O)n(CCCOP(=O)(O)O)c(=O)n2C. The highest BCUT2D eigenvalue weighted by molar-refractivity contribution is 7.46. The van der Waals surface area contributed by atoms with Gasteiger partial charge in [0.2, 0.25) is 0 Å². The summed E-state index contributed by atoms with van der Waals surface area (Å²) in [6, 6.07) is 0. The lowest BCUT2D eigenvalue weighted by molar-refractivity contribution is 0.191. The van der Waals surface area contributed by atoms with Gasteiger partial charge in [-0.15, -0.1) is 0 Å². The van der Waals surface area contributed by atoms with E-state index in [1.165, 1.54) is 22.5 Å². The van der Waals surface area contributed by atoms with Gasteiger partial charge in [-0.3, -0.25) is 18.5 Å². The summed E-state index contributed by atoms with van der Waals surface area (Å²) in [6.45, 7) is -0.268. The number of hydrogen-bond acceptors (Lipinski definition) is 5. The third kappa shape index (κ3) is 3.13. The van der Waals surface area contributed by atoms with Crippen LogP contribution in [0.1, 0.15) is 6.42 Å². The number of imidazole rings is 1. The molecular weight excluding hydrogens is 303 g/mol. The molecule has 2 rings (SSSR count). The number of nitrogens with zero attached hydrogens (tertiary/aromatic N) is 4. The minimum Gasteiger partial charge on any atom is -0.328 e. The Balaban J connectivity index is 2.32. The second-order valence-corrected chi connectivity index (χ2v) is 5.74. The Morgan fingerprint density at radius 1 is 1.33 bits per heavy atom. The van der Waals surface area contributed by atoms with E-state index in [1.807, 2.05) is 0 Å². The largest absolute Gasteiger partial charge is 0.469 e. The summed E-state index contributed by atoms with van der Waals surface area (Å²) in [5.41, 5.74) is -0.463. The highest BCUT2D eigenvalue weighted by atomic mass is 31.2. The molecule has 2 heterocycles. The molecule has 11 heteroatoms. The first-order valence-electron chi connectivity index (χ1n) is 6.03. The summed E-state index contributed by atoms with van der Waals surface area (Å²) in [4.78, 5) is 45.5. The molecule has 10 nitrogen and oxygen atoms in total. The van der Waals surface area contributed by atoms with E-state index in [9.17, 15) is 14.2 Å². The molecule has 0 saturated heterocycles. The number of aryl methyl sites for hydroxylation is 2. The molecule has 0 amide bonds. The van der Waals surface area contributed by atoms with Crippen molar-refractivity contribution in [3.8, 4) is 0 Å². The van der Waals surface area contributed by atoms with Crippen molar-refractivity contribution in [3.63, 3.8) is 0 Å². The number of phosphoric ester groups is 1. The second kappa shape index (κ2) is 5.57. The molecule has 0 radical (unpaired) electrons. The van der Waals surface area contributed by atoms with Crippen molar-refractivity contribution < 1.29 is 18.9 Å². The molecule has 0 saturated carbocycles. The molecule has 0 bridgehead atoms. The zero-order valence-corrected chi connectivity index (χ0v) is 12.4. The molecule has 0 spiro atoms. The minimum absolute atomic E-state index is 0.00731. The van der Waals surface area contributed by atoms with E-state index in [-0.39, 0.29) is 30.7 Å². The molecule has 116 valence electrons. The zero-order chi connectivity index (χ0) is 15.8. The van der Waals surface area contributed by atoms with Gasteiger partial charge in [0.15, 0.2) is 11.2 Å². The Hall–Kier alpha value is -1.74. The number of hydrogen-bond donors (Lipinski definition) is 2. The topological polar surface area (TPSA) is 129 Å². The Morgan fingerprint density at radius 2 is 2.00 bits per heavy atom. The van der Waals surface area contributed by atoms with Crippen molar-refractivity contribution in [2.75, 3.05) is 6.61 Å². The summed E-state index contributed by atoms with van der Waals surface area (Å²) in [7, 11) is -1.40. The molecule has 0 unspecified atom stereocenters. The third-order valence-corrected chi connectivity index (χ3v) is 3.51. The van der Waals surface area contributed by atoms with E-state index < -0.39 is 19.1 Å². The van der Waals surface area contributed by atoms with Crippen LogP contribution in [-0.2, 0) is 29.7 Å². The first kappa shape index (κ1) is 15.6. The summed E-state index contributed by atoms with van der Waals surface area (Å²) < 4.78 is 18.6. The van der Waals surface area contributed by atoms with Crippen LogP contribution >= 0.6 is 7.82 Å². The lowest BCUT2D eigenvalue weighted by Crippen LogP contribution is -2.39. The molecule has 0 aliphatic rings. The number of phosphoric acid groups is 1. The average molecular weight is 318 g/mol. The first-order valence-corrected chi connectivity index (χ1v) is 7.56. The predicted octanol–water partition coefficient (Wildman–Crippen LogP) is -1.07. The maximum Gasteiger partial charge on any atom is 0.469 e. The molecule has 0 fully saturated rings. The average Bonchev–Trinajstić information content (AvgIpc) is 2.76. The van der Waals surface area contributed by atoms with Crippen LogP contribution in [0.5, 0.6) is 0 Å². The van der Waals surface area contributed by atoms with Crippen LogP contribution < -0.4 is 11.2 Å². The van der Waals surface area contributed by atoms with Gasteiger partial charge in [0.25, 0.3) is 5.56 Å². The van der Waals surface area contributed by atoms with Gasteiger partial charge in [-0.25, -0.2) is 14.3 Å². The van der Waals surface area contributed by atoms with Gasteiger partial charge >= 0.3 is 13.5 Å².